The van der Waals surface area contributed by atoms with Crippen LogP contribution in [0.1, 0.15) is 29.9 Å². The van der Waals surface area contributed by atoms with Crippen molar-refractivity contribution in [3.05, 3.63) is 87.7 Å². The molecule has 0 spiro atoms. The number of hydrogen-bond acceptors (Lipinski definition) is 7. The molecule has 4 aromatic heterocycles. The summed E-state index contributed by atoms with van der Waals surface area (Å²) in [5.74, 6) is 0.620. The van der Waals surface area contributed by atoms with Crippen LogP contribution in [0.3, 0.4) is 0 Å². The fourth-order valence-corrected chi connectivity index (χ4v) is 6.28. The number of aromatic nitrogens is 9. The monoisotopic (exact) mass is 554 g/mol. The van der Waals surface area contributed by atoms with E-state index in [9.17, 15) is 4.79 Å². The normalized spacial score (nSPS) is 19.2. The number of halogens is 2. The summed E-state index contributed by atoms with van der Waals surface area (Å²) in [7, 11) is 1.79. The molecule has 0 saturated heterocycles. The summed E-state index contributed by atoms with van der Waals surface area (Å²) in [6, 6.07) is 13.9. The predicted molar refractivity (Wildman–Crippen MR) is 146 cm³/mol. The first-order valence-corrected chi connectivity index (χ1v) is 13.0. The van der Waals surface area contributed by atoms with Crippen LogP contribution in [-0.4, -0.2) is 44.5 Å². The molecular formula is C27H20ClFN10O. The minimum absolute atomic E-state index is 0.152. The summed E-state index contributed by atoms with van der Waals surface area (Å²) in [5, 5.41) is 17.0. The molecule has 1 fully saturated rings. The number of nitrogens with two attached hydrogens (primary N) is 1. The number of pyridine rings is 1. The van der Waals surface area contributed by atoms with E-state index >= 15 is 4.39 Å². The van der Waals surface area contributed by atoms with Crippen molar-refractivity contribution in [1.82, 2.24) is 44.5 Å². The fraction of sp³-hybridized carbons (Fsp3) is 0.185. The third kappa shape index (κ3) is 3.29. The van der Waals surface area contributed by atoms with E-state index in [0.29, 0.717) is 33.5 Å². The van der Waals surface area contributed by atoms with Gasteiger partial charge in [-0.15, -0.1) is 5.10 Å². The summed E-state index contributed by atoms with van der Waals surface area (Å²) in [6.07, 6.45) is 2.38. The number of aromatic amines is 1. The molecule has 2 aliphatic rings. The average molecular weight is 555 g/mol. The molecule has 1 saturated carbocycles. The summed E-state index contributed by atoms with van der Waals surface area (Å²) >= 11 is 6.33. The van der Waals surface area contributed by atoms with Crippen molar-refractivity contribution in [1.29, 1.82) is 0 Å². The summed E-state index contributed by atoms with van der Waals surface area (Å²) < 4.78 is 20.2. The molecule has 0 bridgehead atoms. The Kier molecular flexibility index (Phi) is 4.67. The van der Waals surface area contributed by atoms with Gasteiger partial charge in [-0.25, -0.2) is 4.98 Å². The van der Waals surface area contributed by atoms with Crippen LogP contribution in [0.4, 0.5) is 10.2 Å². The van der Waals surface area contributed by atoms with E-state index in [1.165, 1.54) is 11.0 Å². The zero-order chi connectivity index (χ0) is 27.3. The van der Waals surface area contributed by atoms with Gasteiger partial charge in [0.2, 0.25) is 5.95 Å². The molecule has 3 N–H and O–H groups in total. The predicted octanol–water partition coefficient (Wildman–Crippen LogP) is 3.85. The summed E-state index contributed by atoms with van der Waals surface area (Å²) in [4.78, 5) is 21.1. The van der Waals surface area contributed by atoms with Crippen LogP contribution in [0.5, 0.6) is 0 Å². The maximum Gasteiger partial charge on any atom is 0.252 e. The van der Waals surface area contributed by atoms with Gasteiger partial charge in [-0.1, -0.05) is 17.7 Å². The van der Waals surface area contributed by atoms with Gasteiger partial charge in [-0.05, 0) is 64.7 Å². The second-order valence-corrected chi connectivity index (χ2v) is 10.7. The Morgan fingerprint density at radius 2 is 2.00 bits per heavy atom. The van der Waals surface area contributed by atoms with Crippen LogP contribution < -0.4 is 11.3 Å². The first kappa shape index (κ1) is 23.1. The topological polar surface area (TPSA) is 138 Å². The smallest absolute Gasteiger partial charge is 0.252 e. The Hall–Kier alpha value is -4.84. The lowest BCUT2D eigenvalue weighted by atomic mass is 10.0. The molecule has 1 aliphatic heterocycles. The van der Waals surface area contributed by atoms with Gasteiger partial charge in [0.15, 0.2) is 5.82 Å². The highest BCUT2D eigenvalue weighted by Crippen LogP contribution is 2.60. The van der Waals surface area contributed by atoms with Crippen LogP contribution in [-0.2, 0) is 7.05 Å². The Balaban J connectivity index is 1.21. The fourth-order valence-electron chi connectivity index (χ4n) is 6.10. The maximum absolute atomic E-state index is 15.3. The van der Waals surface area contributed by atoms with Gasteiger partial charge >= 0.3 is 0 Å². The number of tetrazole rings is 1. The van der Waals surface area contributed by atoms with Gasteiger partial charge in [0.05, 0.1) is 17.2 Å². The van der Waals surface area contributed by atoms with Gasteiger partial charge in [-0.2, -0.15) is 14.2 Å². The molecule has 40 heavy (non-hydrogen) atoms. The third-order valence-electron chi connectivity index (χ3n) is 7.98. The minimum atomic E-state index is -0.551. The second-order valence-electron chi connectivity index (χ2n) is 10.3. The van der Waals surface area contributed by atoms with Gasteiger partial charge in [0, 0.05) is 46.3 Å². The van der Waals surface area contributed by atoms with E-state index in [1.54, 1.807) is 40.6 Å². The van der Waals surface area contributed by atoms with E-state index in [0.717, 1.165) is 28.6 Å². The van der Waals surface area contributed by atoms with Crippen LogP contribution in [0.15, 0.2) is 59.7 Å². The lowest BCUT2D eigenvalue weighted by Crippen LogP contribution is -2.26. The average Bonchev–Trinajstić information content (AvgIpc) is 3.26. The summed E-state index contributed by atoms with van der Waals surface area (Å²) in [5.41, 5.74) is 10.4. The van der Waals surface area contributed by atoms with E-state index in [1.807, 2.05) is 24.3 Å². The molecule has 3 atom stereocenters. The lowest BCUT2D eigenvalue weighted by molar-refractivity contribution is 0.504. The zero-order valence-electron chi connectivity index (χ0n) is 21.0. The van der Waals surface area contributed by atoms with Crippen molar-refractivity contribution in [2.45, 2.75) is 18.4 Å². The number of nitrogens with one attached hydrogen (secondary N) is 1. The Bertz CT molecular complexity index is 2040. The number of fused-ring (bicyclic) bond motifs is 4. The number of anilines is 1. The highest BCUT2D eigenvalue weighted by atomic mass is 35.5. The van der Waals surface area contributed by atoms with Crippen molar-refractivity contribution in [3.8, 4) is 28.1 Å². The number of aryl methyl sites for hydroxylation is 1. The van der Waals surface area contributed by atoms with Crippen LogP contribution in [0.25, 0.3) is 39.0 Å². The highest BCUT2D eigenvalue weighted by molar-refractivity contribution is 6.31. The maximum atomic E-state index is 15.3. The van der Waals surface area contributed by atoms with E-state index in [2.05, 4.69) is 30.6 Å². The quantitative estimate of drug-likeness (QED) is 0.337. The Labute approximate surface area is 230 Å². The number of H-pyrrole nitrogens is 1. The Morgan fingerprint density at radius 3 is 2.83 bits per heavy atom. The minimum Gasteiger partial charge on any atom is -0.382 e. The first-order valence-electron chi connectivity index (χ1n) is 12.6. The van der Waals surface area contributed by atoms with Gasteiger partial charge in [-0.3, -0.25) is 9.48 Å². The van der Waals surface area contributed by atoms with Crippen molar-refractivity contribution in [2.75, 3.05) is 5.73 Å². The van der Waals surface area contributed by atoms with Crippen LogP contribution in [0, 0.1) is 11.9 Å². The summed E-state index contributed by atoms with van der Waals surface area (Å²) in [6.45, 7) is 0. The van der Waals surface area contributed by atoms with Gasteiger partial charge in [0.1, 0.15) is 17.8 Å². The second kappa shape index (κ2) is 8.09. The van der Waals surface area contributed by atoms with Crippen molar-refractivity contribution >= 4 is 28.3 Å². The van der Waals surface area contributed by atoms with Gasteiger partial charge in [0.25, 0.3) is 5.56 Å². The first-order chi connectivity index (χ1) is 19.4. The lowest BCUT2D eigenvalue weighted by Gasteiger charge is -2.17. The number of nitrogen functional groups attached to an aromatic ring is 1. The van der Waals surface area contributed by atoms with E-state index in [-0.39, 0.29) is 29.1 Å². The van der Waals surface area contributed by atoms with Crippen LogP contribution >= 0.6 is 11.6 Å². The number of benzene rings is 2. The molecule has 1 aliphatic carbocycles. The SMILES string of the molecule is Cn1nc(N)c2ccc(-c3nc(C4C5CC5c5cc(-c6cc(Cl)ccc6-n6cnnn6)cc(=O)n54)[nH]c3F)cc21. The van der Waals surface area contributed by atoms with E-state index in [4.69, 9.17) is 17.3 Å². The molecule has 0 radical (unpaired) electrons. The number of imidazole rings is 1. The molecule has 0 amide bonds. The molecule has 198 valence electrons. The number of rotatable bonds is 4. The van der Waals surface area contributed by atoms with Crippen molar-refractivity contribution in [2.24, 2.45) is 13.0 Å². The van der Waals surface area contributed by atoms with Crippen molar-refractivity contribution in [3.63, 3.8) is 0 Å². The molecule has 2 aromatic carbocycles. The molecule has 13 heteroatoms. The molecular weight excluding hydrogens is 535 g/mol. The molecule has 6 aromatic rings. The van der Waals surface area contributed by atoms with E-state index < -0.39 is 5.95 Å². The third-order valence-corrected chi connectivity index (χ3v) is 8.21. The van der Waals surface area contributed by atoms with Crippen LogP contribution in [0.2, 0.25) is 5.02 Å². The molecule has 3 unspecified atom stereocenters. The standard InChI is InChI=1S/C27H20ClFN10O/c1-37-20-6-12(2-4-15(20)26(30)34-37)23-25(29)33-27(32-23)24-18-10-17(18)21-7-13(8-22(40)39(21)24)16-9-14(28)3-5-19(16)38-11-31-35-36-38/h2-9,11,17-18,24H,10H2,1H3,(H2,30,34)(H,32,33). The molecule has 8 rings (SSSR count). The van der Waals surface area contributed by atoms with Crippen molar-refractivity contribution < 1.29 is 4.39 Å². The van der Waals surface area contributed by atoms with Gasteiger partial charge < -0.3 is 15.3 Å². The molecule has 5 heterocycles. The number of nitrogens with zero attached hydrogens (tertiary/aromatic N) is 8. The number of hydrogen-bond donors (Lipinski definition) is 2. The Morgan fingerprint density at radius 1 is 1.12 bits per heavy atom. The largest absolute Gasteiger partial charge is 0.382 e. The highest BCUT2D eigenvalue weighted by Gasteiger charge is 2.54. The molecule has 11 nitrogen and oxygen atoms in total. The zero-order valence-corrected chi connectivity index (χ0v) is 21.7.